The minimum absolute atomic E-state index is 0.228. The molecule has 38 heavy (non-hydrogen) atoms. The number of hydrogen-bond donors (Lipinski definition) is 3. The molecule has 1 heterocycles. The first-order chi connectivity index (χ1) is 17.5. The standard InChI is InChI=1S/C27H30ClF3N2O5/c1-15(16(2)32-22(34)17-11-18(24(36)37)13-20(12-17)27(29,30)31)23(35)33-10-9-26(38,25(3,4)14-33)19-5-7-21(28)8-6-19/h5-8,11-13,15-16,38H,9-10,14H2,1-4H3,(H,32,34)(H,36,37)/t15-,16?,26+/m1/s1. The number of halogens is 4. The van der Waals surface area contributed by atoms with Gasteiger partial charge in [-0.2, -0.15) is 13.2 Å². The molecular weight excluding hydrogens is 525 g/mol. The smallest absolute Gasteiger partial charge is 0.416 e. The number of aliphatic hydroxyl groups is 1. The molecule has 11 heteroatoms. The number of amides is 2. The topological polar surface area (TPSA) is 107 Å². The lowest BCUT2D eigenvalue weighted by molar-refractivity contribution is -0.156. The molecule has 3 rings (SSSR count). The molecule has 3 atom stereocenters. The molecule has 1 aliphatic heterocycles. The average molecular weight is 555 g/mol. The summed E-state index contributed by atoms with van der Waals surface area (Å²) in [7, 11) is 0. The van der Waals surface area contributed by atoms with Gasteiger partial charge in [0.15, 0.2) is 0 Å². The molecule has 0 saturated carbocycles. The molecule has 206 valence electrons. The Morgan fingerprint density at radius 1 is 1.05 bits per heavy atom. The van der Waals surface area contributed by atoms with Gasteiger partial charge >= 0.3 is 12.1 Å². The van der Waals surface area contributed by atoms with E-state index in [1.165, 1.54) is 0 Å². The minimum Gasteiger partial charge on any atom is -0.478 e. The zero-order chi connectivity index (χ0) is 28.6. The van der Waals surface area contributed by atoms with Gasteiger partial charge in [0.25, 0.3) is 5.91 Å². The van der Waals surface area contributed by atoms with E-state index in [1.807, 2.05) is 13.8 Å². The Balaban J connectivity index is 1.73. The summed E-state index contributed by atoms with van der Waals surface area (Å²) in [6, 6.07) is 8.01. The first-order valence-corrected chi connectivity index (χ1v) is 12.4. The van der Waals surface area contributed by atoms with Gasteiger partial charge in [-0.1, -0.05) is 44.5 Å². The van der Waals surface area contributed by atoms with E-state index in [9.17, 15) is 32.7 Å². The molecule has 3 N–H and O–H groups in total. The molecule has 7 nitrogen and oxygen atoms in total. The van der Waals surface area contributed by atoms with E-state index in [4.69, 9.17) is 16.7 Å². The third kappa shape index (κ3) is 5.96. The Hall–Kier alpha value is -3.11. The number of carboxylic acids is 1. The molecule has 1 unspecified atom stereocenters. The van der Waals surface area contributed by atoms with Crippen molar-refractivity contribution in [3.8, 4) is 0 Å². The van der Waals surface area contributed by atoms with Crippen LogP contribution in [-0.2, 0) is 16.6 Å². The van der Waals surface area contributed by atoms with E-state index < -0.39 is 57.7 Å². The van der Waals surface area contributed by atoms with Crippen molar-refractivity contribution in [1.82, 2.24) is 10.2 Å². The predicted molar refractivity (Wildman–Crippen MR) is 135 cm³/mol. The van der Waals surface area contributed by atoms with Crippen LogP contribution in [0.15, 0.2) is 42.5 Å². The molecule has 0 spiro atoms. The third-order valence-electron chi connectivity index (χ3n) is 7.35. The second-order valence-corrected chi connectivity index (χ2v) is 10.9. The van der Waals surface area contributed by atoms with Crippen LogP contribution in [0, 0.1) is 11.3 Å². The molecule has 1 aliphatic rings. The van der Waals surface area contributed by atoms with Crippen LogP contribution >= 0.6 is 11.6 Å². The van der Waals surface area contributed by atoms with Crippen LogP contribution in [0.5, 0.6) is 0 Å². The van der Waals surface area contributed by atoms with Crippen LogP contribution in [0.2, 0.25) is 5.02 Å². The minimum atomic E-state index is -4.84. The summed E-state index contributed by atoms with van der Waals surface area (Å²) in [5.74, 6) is -3.57. The lowest BCUT2D eigenvalue weighted by atomic mass is 9.66. The van der Waals surface area contributed by atoms with Gasteiger partial charge in [0, 0.05) is 35.1 Å². The fraction of sp³-hybridized carbons (Fsp3) is 0.444. The van der Waals surface area contributed by atoms with E-state index in [0.717, 1.165) is 6.07 Å². The van der Waals surface area contributed by atoms with Gasteiger partial charge in [0.1, 0.15) is 0 Å². The molecule has 0 bridgehead atoms. The van der Waals surface area contributed by atoms with Gasteiger partial charge in [-0.3, -0.25) is 9.59 Å². The van der Waals surface area contributed by atoms with Crippen molar-refractivity contribution in [2.75, 3.05) is 13.1 Å². The third-order valence-corrected chi connectivity index (χ3v) is 7.60. The Morgan fingerprint density at radius 3 is 2.16 bits per heavy atom. The van der Waals surface area contributed by atoms with Crippen LogP contribution in [-0.4, -0.2) is 52.0 Å². The van der Waals surface area contributed by atoms with Gasteiger partial charge in [0.2, 0.25) is 5.91 Å². The van der Waals surface area contributed by atoms with Gasteiger partial charge in [0.05, 0.1) is 22.6 Å². The first-order valence-electron chi connectivity index (χ1n) is 12.0. The second-order valence-electron chi connectivity index (χ2n) is 10.4. The number of nitrogens with one attached hydrogen (secondary N) is 1. The summed E-state index contributed by atoms with van der Waals surface area (Å²) < 4.78 is 39.7. The van der Waals surface area contributed by atoms with Crippen molar-refractivity contribution in [1.29, 1.82) is 0 Å². The normalized spacial score (nSPS) is 20.9. The number of benzene rings is 2. The second kappa shape index (κ2) is 10.6. The Labute approximate surface area is 223 Å². The number of hydrogen-bond acceptors (Lipinski definition) is 4. The molecule has 1 fully saturated rings. The summed E-state index contributed by atoms with van der Waals surface area (Å²) in [6.07, 6.45) is -4.58. The zero-order valence-electron chi connectivity index (χ0n) is 21.4. The van der Waals surface area contributed by atoms with Gasteiger partial charge in [-0.05, 0) is 49.2 Å². The maximum atomic E-state index is 13.3. The van der Waals surface area contributed by atoms with Crippen LogP contribution in [0.3, 0.4) is 0 Å². The van der Waals surface area contributed by atoms with E-state index >= 15 is 0 Å². The molecule has 2 aromatic carbocycles. The van der Waals surface area contributed by atoms with Crippen LogP contribution < -0.4 is 5.32 Å². The molecule has 0 radical (unpaired) electrons. The van der Waals surface area contributed by atoms with Crippen LogP contribution in [0.4, 0.5) is 13.2 Å². The van der Waals surface area contributed by atoms with Crippen molar-refractivity contribution in [2.24, 2.45) is 11.3 Å². The SMILES string of the molecule is CC(NC(=O)c1cc(C(=O)O)cc(C(F)(F)F)c1)[C@@H](C)C(=O)N1CC[C@](O)(c2ccc(Cl)cc2)C(C)(C)C1. The predicted octanol–water partition coefficient (Wildman–Crippen LogP) is 4.96. The first kappa shape index (κ1) is 29.4. The number of carbonyl (C=O) groups is 3. The Morgan fingerprint density at radius 2 is 1.63 bits per heavy atom. The van der Waals surface area contributed by atoms with Crippen LogP contribution in [0.25, 0.3) is 0 Å². The van der Waals surface area contributed by atoms with Crippen molar-refractivity contribution >= 4 is 29.4 Å². The molecule has 2 amide bonds. The molecule has 1 saturated heterocycles. The maximum absolute atomic E-state index is 13.3. The van der Waals surface area contributed by atoms with Crippen molar-refractivity contribution in [3.05, 3.63) is 69.7 Å². The highest BCUT2D eigenvalue weighted by Crippen LogP contribution is 2.46. The maximum Gasteiger partial charge on any atom is 0.416 e. The van der Waals surface area contributed by atoms with Crippen molar-refractivity contribution < 1.29 is 37.8 Å². The number of rotatable bonds is 6. The molecule has 0 aliphatic carbocycles. The summed E-state index contributed by atoms with van der Waals surface area (Å²) in [5.41, 5.74) is -3.66. The van der Waals surface area contributed by atoms with E-state index in [-0.39, 0.29) is 25.4 Å². The summed E-state index contributed by atoms with van der Waals surface area (Å²) in [5, 5.41) is 23.8. The van der Waals surface area contributed by atoms with E-state index in [0.29, 0.717) is 22.7 Å². The number of piperidine rings is 1. The van der Waals surface area contributed by atoms with E-state index in [1.54, 1.807) is 43.0 Å². The Kier molecular flexibility index (Phi) is 8.19. The summed E-state index contributed by atoms with van der Waals surface area (Å²) in [4.78, 5) is 38.9. The van der Waals surface area contributed by atoms with Crippen molar-refractivity contribution in [2.45, 2.75) is 51.9 Å². The highest BCUT2D eigenvalue weighted by atomic mass is 35.5. The van der Waals surface area contributed by atoms with Gasteiger partial charge in [-0.15, -0.1) is 0 Å². The number of nitrogens with zero attached hydrogens (tertiary/aromatic N) is 1. The lowest BCUT2D eigenvalue weighted by Gasteiger charge is -2.51. The number of carbonyl (C=O) groups excluding carboxylic acids is 2. The highest BCUT2D eigenvalue weighted by Gasteiger charge is 2.50. The highest BCUT2D eigenvalue weighted by molar-refractivity contribution is 6.30. The number of aromatic carboxylic acids is 1. The van der Waals surface area contributed by atoms with Gasteiger partial charge < -0.3 is 20.4 Å². The van der Waals surface area contributed by atoms with Gasteiger partial charge in [-0.25, -0.2) is 4.79 Å². The largest absolute Gasteiger partial charge is 0.478 e. The fourth-order valence-corrected chi connectivity index (χ4v) is 4.86. The fourth-order valence-electron chi connectivity index (χ4n) is 4.73. The molecular formula is C27H30ClF3N2O5. The molecule has 2 aromatic rings. The Bertz CT molecular complexity index is 1230. The number of likely N-dealkylation sites (tertiary alicyclic amines) is 1. The summed E-state index contributed by atoms with van der Waals surface area (Å²) >= 11 is 5.98. The van der Waals surface area contributed by atoms with Crippen LogP contribution in [0.1, 0.15) is 66.0 Å². The monoisotopic (exact) mass is 554 g/mol. The lowest BCUT2D eigenvalue weighted by Crippen LogP contribution is -2.58. The number of alkyl halides is 3. The quantitative estimate of drug-likeness (QED) is 0.468. The number of carboxylic acid groups (broad SMARTS) is 1. The zero-order valence-corrected chi connectivity index (χ0v) is 22.2. The van der Waals surface area contributed by atoms with E-state index in [2.05, 4.69) is 5.32 Å². The van der Waals surface area contributed by atoms with Crippen molar-refractivity contribution in [3.63, 3.8) is 0 Å². The molecule has 0 aromatic heterocycles. The summed E-state index contributed by atoms with van der Waals surface area (Å²) in [6.45, 7) is 7.32. The average Bonchev–Trinajstić information content (AvgIpc) is 2.84.